The van der Waals surface area contributed by atoms with Crippen molar-refractivity contribution in [2.45, 2.75) is 44.7 Å². The smallest absolute Gasteiger partial charge is 0.321 e. The van der Waals surface area contributed by atoms with Gasteiger partial charge in [0.15, 0.2) is 0 Å². The van der Waals surface area contributed by atoms with Gasteiger partial charge in [0, 0.05) is 32.2 Å². The van der Waals surface area contributed by atoms with E-state index < -0.39 is 0 Å². The Bertz CT molecular complexity index is 652. The van der Waals surface area contributed by atoms with Crippen LogP contribution in [0.25, 0.3) is 0 Å². The third kappa shape index (κ3) is 4.91. The summed E-state index contributed by atoms with van der Waals surface area (Å²) < 4.78 is 5.45. The van der Waals surface area contributed by atoms with Crippen LogP contribution in [0, 0.1) is 0 Å². The molecule has 1 heterocycles. The van der Waals surface area contributed by atoms with Crippen LogP contribution >= 0.6 is 0 Å². The summed E-state index contributed by atoms with van der Waals surface area (Å²) in [6.45, 7) is 5.00. The average Bonchev–Trinajstić information content (AvgIpc) is 3.20. The number of ether oxygens (including phenoxy) is 1. The minimum Gasteiger partial charge on any atom is -0.495 e. The lowest BCUT2D eigenvalue weighted by molar-refractivity contribution is -0.124. The lowest BCUT2D eigenvalue weighted by Crippen LogP contribution is -2.56. The molecule has 2 aliphatic rings. The standard InChI is InChI=1S/C20H30N4O3/c1-15(19(25)22-20(26)21-16-7-3-4-8-16)23-11-13-24(14-12-23)17-9-5-6-10-18(17)27-2/h5-6,9-10,15-16H,3-4,7-8,11-14H2,1-2H3,(H2,21,22,25,26)/t15-/m1/s1. The van der Waals surface area contributed by atoms with Gasteiger partial charge in [-0.2, -0.15) is 0 Å². The molecule has 0 unspecified atom stereocenters. The number of nitrogens with one attached hydrogen (secondary N) is 2. The molecular weight excluding hydrogens is 344 g/mol. The number of carbonyl (C=O) groups excluding carboxylic acids is 2. The zero-order valence-electron chi connectivity index (χ0n) is 16.2. The highest BCUT2D eigenvalue weighted by Crippen LogP contribution is 2.28. The number of para-hydroxylation sites is 2. The van der Waals surface area contributed by atoms with Gasteiger partial charge in [0.05, 0.1) is 18.8 Å². The van der Waals surface area contributed by atoms with Crippen molar-refractivity contribution in [3.8, 4) is 5.75 Å². The third-order valence-corrected chi connectivity index (χ3v) is 5.59. The van der Waals surface area contributed by atoms with Crippen LogP contribution in [0.15, 0.2) is 24.3 Å². The van der Waals surface area contributed by atoms with E-state index in [0.717, 1.165) is 63.3 Å². The van der Waals surface area contributed by atoms with Gasteiger partial charge in [0.1, 0.15) is 5.75 Å². The van der Waals surface area contributed by atoms with E-state index >= 15 is 0 Å². The van der Waals surface area contributed by atoms with E-state index in [0.29, 0.717) is 0 Å². The topological polar surface area (TPSA) is 73.9 Å². The Kier molecular flexibility index (Phi) is 6.55. The number of methoxy groups -OCH3 is 1. The highest BCUT2D eigenvalue weighted by Gasteiger charge is 2.28. The maximum Gasteiger partial charge on any atom is 0.321 e. The van der Waals surface area contributed by atoms with Gasteiger partial charge in [-0.3, -0.25) is 15.0 Å². The van der Waals surface area contributed by atoms with Crippen molar-refractivity contribution in [2.75, 3.05) is 38.2 Å². The van der Waals surface area contributed by atoms with Crippen LogP contribution in [0.1, 0.15) is 32.6 Å². The molecule has 0 aromatic heterocycles. The Morgan fingerprint density at radius 2 is 1.78 bits per heavy atom. The van der Waals surface area contributed by atoms with Crippen LogP contribution in [0.4, 0.5) is 10.5 Å². The maximum absolute atomic E-state index is 12.4. The summed E-state index contributed by atoms with van der Waals surface area (Å²) in [5.41, 5.74) is 1.08. The number of rotatable bonds is 5. The molecule has 2 N–H and O–H groups in total. The Hall–Kier alpha value is -2.28. The number of benzene rings is 1. The number of amides is 3. The molecule has 2 fully saturated rings. The molecule has 1 aliphatic carbocycles. The summed E-state index contributed by atoms with van der Waals surface area (Å²) in [5, 5.41) is 5.40. The SMILES string of the molecule is COc1ccccc1N1CCN([C@H](C)C(=O)NC(=O)NC2CCCC2)CC1. The summed E-state index contributed by atoms with van der Waals surface area (Å²) in [5.74, 6) is 0.622. The molecule has 1 aromatic rings. The fraction of sp³-hybridized carbons (Fsp3) is 0.600. The van der Waals surface area contributed by atoms with E-state index in [1.54, 1.807) is 7.11 Å². The summed E-state index contributed by atoms with van der Waals surface area (Å²) in [4.78, 5) is 28.8. The molecule has 0 radical (unpaired) electrons. The van der Waals surface area contributed by atoms with E-state index in [9.17, 15) is 9.59 Å². The maximum atomic E-state index is 12.4. The zero-order valence-corrected chi connectivity index (χ0v) is 16.2. The molecule has 1 atom stereocenters. The second kappa shape index (κ2) is 9.08. The van der Waals surface area contributed by atoms with Crippen molar-refractivity contribution < 1.29 is 14.3 Å². The van der Waals surface area contributed by atoms with Crippen molar-refractivity contribution in [1.82, 2.24) is 15.5 Å². The fourth-order valence-corrected chi connectivity index (χ4v) is 3.91. The number of hydrogen-bond donors (Lipinski definition) is 2. The van der Waals surface area contributed by atoms with E-state index in [1.807, 2.05) is 25.1 Å². The number of imide groups is 1. The zero-order chi connectivity index (χ0) is 19.2. The van der Waals surface area contributed by atoms with Crippen molar-refractivity contribution in [3.05, 3.63) is 24.3 Å². The molecule has 7 nitrogen and oxygen atoms in total. The number of carbonyl (C=O) groups is 2. The quantitative estimate of drug-likeness (QED) is 0.824. The molecule has 1 saturated heterocycles. The van der Waals surface area contributed by atoms with Crippen molar-refractivity contribution in [2.24, 2.45) is 0 Å². The molecular formula is C20H30N4O3. The molecule has 1 aliphatic heterocycles. The summed E-state index contributed by atoms with van der Waals surface area (Å²) >= 11 is 0. The fourth-order valence-electron chi connectivity index (χ4n) is 3.91. The van der Waals surface area contributed by atoms with Gasteiger partial charge in [-0.05, 0) is 31.9 Å². The number of hydrogen-bond acceptors (Lipinski definition) is 5. The molecule has 7 heteroatoms. The second-order valence-electron chi connectivity index (χ2n) is 7.31. The van der Waals surface area contributed by atoms with E-state index in [-0.39, 0.29) is 24.0 Å². The average molecular weight is 374 g/mol. The Labute approximate surface area is 161 Å². The molecule has 1 saturated carbocycles. The molecule has 3 amide bonds. The van der Waals surface area contributed by atoms with Gasteiger partial charge in [-0.1, -0.05) is 25.0 Å². The molecule has 0 bridgehead atoms. The molecule has 27 heavy (non-hydrogen) atoms. The summed E-state index contributed by atoms with van der Waals surface area (Å²) in [6.07, 6.45) is 4.29. The first-order chi connectivity index (χ1) is 13.1. The van der Waals surface area contributed by atoms with Gasteiger partial charge < -0.3 is 15.0 Å². The Balaban J connectivity index is 1.48. The van der Waals surface area contributed by atoms with Crippen LogP contribution in [-0.2, 0) is 4.79 Å². The number of nitrogens with zero attached hydrogens (tertiary/aromatic N) is 2. The molecule has 148 valence electrons. The second-order valence-corrected chi connectivity index (χ2v) is 7.31. The molecule has 3 rings (SSSR count). The summed E-state index contributed by atoms with van der Waals surface area (Å²) in [6, 6.07) is 7.48. The minimum absolute atomic E-state index is 0.206. The largest absolute Gasteiger partial charge is 0.495 e. The van der Waals surface area contributed by atoms with Crippen LogP contribution in [0.3, 0.4) is 0 Å². The van der Waals surface area contributed by atoms with Crippen LogP contribution < -0.4 is 20.3 Å². The van der Waals surface area contributed by atoms with Crippen molar-refractivity contribution in [1.29, 1.82) is 0 Å². The van der Waals surface area contributed by atoms with Gasteiger partial charge in [0.2, 0.25) is 5.91 Å². The van der Waals surface area contributed by atoms with Gasteiger partial charge in [-0.25, -0.2) is 4.79 Å². The van der Waals surface area contributed by atoms with Crippen LogP contribution in [-0.4, -0.2) is 62.2 Å². The monoisotopic (exact) mass is 374 g/mol. The number of anilines is 1. The first-order valence-electron chi connectivity index (χ1n) is 9.82. The van der Waals surface area contributed by atoms with Crippen LogP contribution in [0.2, 0.25) is 0 Å². The highest BCUT2D eigenvalue weighted by molar-refractivity contribution is 5.96. The van der Waals surface area contributed by atoms with E-state index in [4.69, 9.17) is 4.74 Å². The first kappa shape index (κ1) is 19.5. The normalized spacial score (nSPS) is 19.6. The van der Waals surface area contributed by atoms with Gasteiger partial charge >= 0.3 is 6.03 Å². The lowest BCUT2D eigenvalue weighted by Gasteiger charge is -2.38. The molecule has 0 spiro atoms. The minimum atomic E-state index is -0.369. The predicted molar refractivity (Wildman–Crippen MR) is 105 cm³/mol. The van der Waals surface area contributed by atoms with Gasteiger partial charge in [-0.15, -0.1) is 0 Å². The van der Waals surface area contributed by atoms with E-state index in [2.05, 4.69) is 26.5 Å². The summed E-state index contributed by atoms with van der Waals surface area (Å²) in [7, 11) is 1.68. The van der Waals surface area contributed by atoms with Crippen molar-refractivity contribution in [3.63, 3.8) is 0 Å². The number of piperazine rings is 1. The van der Waals surface area contributed by atoms with Gasteiger partial charge in [0.25, 0.3) is 0 Å². The first-order valence-corrected chi connectivity index (χ1v) is 9.82. The predicted octanol–water partition coefficient (Wildman–Crippen LogP) is 1.97. The molecule has 1 aromatic carbocycles. The third-order valence-electron chi connectivity index (χ3n) is 5.59. The Morgan fingerprint density at radius 3 is 2.44 bits per heavy atom. The van der Waals surface area contributed by atoms with Crippen LogP contribution in [0.5, 0.6) is 5.75 Å². The number of urea groups is 1. The van der Waals surface area contributed by atoms with Crippen molar-refractivity contribution >= 4 is 17.6 Å². The van der Waals surface area contributed by atoms with E-state index in [1.165, 1.54) is 0 Å². The Morgan fingerprint density at radius 1 is 1.11 bits per heavy atom. The lowest BCUT2D eigenvalue weighted by atomic mass is 10.2. The highest BCUT2D eigenvalue weighted by atomic mass is 16.5.